The molecule has 3 rings (SSSR count). The van der Waals surface area contributed by atoms with E-state index in [2.05, 4.69) is 14.9 Å². The lowest BCUT2D eigenvalue weighted by Gasteiger charge is -2.25. The van der Waals surface area contributed by atoms with Gasteiger partial charge in [0.1, 0.15) is 0 Å². The van der Waals surface area contributed by atoms with Gasteiger partial charge < -0.3 is 9.88 Å². The second-order valence-corrected chi connectivity index (χ2v) is 5.24. The van der Waals surface area contributed by atoms with Gasteiger partial charge in [-0.3, -0.25) is 9.78 Å². The summed E-state index contributed by atoms with van der Waals surface area (Å²) in [7, 11) is 0. The molecule has 0 atom stereocenters. The molecule has 0 aromatic carbocycles. The molecule has 104 valence electrons. The van der Waals surface area contributed by atoms with E-state index in [4.69, 9.17) is 0 Å². The number of Topliss-reactive ketones (excluding diaryl/α,β-unsaturated/α-hetero) is 1. The van der Waals surface area contributed by atoms with E-state index in [0.717, 1.165) is 37.2 Å². The number of piperidine rings is 1. The van der Waals surface area contributed by atoms with Crippen molar-refractivity contribution in [3.8, 4) is 0 Å². The van der Waals surface area contributed by atoms with E-state index in [9.17, 15) is 4.79 Å². The van der Waals surface area contributed by atoms with E-state index < -0.39 is 0 Å². The minimum atomic E-state index is 0.168. The number of nitrogens with zero attached hydrogens (tertiary/aromatic N) is 2. The Kier molecular flexibility index (Phi) is 3.92. The molecule has 0 radical (unpaired) electrons. The fourth-order valence-corrected chi connectivity index (χ4v) is 2.81. The van der Waals surface area contributed by atoms with Crippen LogP contribution in [0, 0.1) is 0 Å². The highest BCUT2D eigenvalue weighted by Crippen LogP contribution is 2.22. The monoisotopic (exact) mass is 269 g/mol. The average Bonchev–Trinajstić information content (AvgIpc) is 2.99. The SMILES string of the molecule is O=C(Cc1cccnc1)c1cccn1C1CCNCC1. The van der Waals surface area contributed by atoms with Crippen molar-refractivity contribution in [2.45, 2.75) is 25.3 Å². The van der Waals surface area contributed by atoms with Crippen molar-refractivity contribution in [1.82, 2.24) is 14.9 Å². The van der Waals surface area contributed by atoms with E-state index in [1.54, 1.807) is 12.4 Å². The molecule has 3 heterocycles. The number of nitrogens with one attached hydrogen (secondary N) is 1. The molecular weight excluding hydrogens is 250 g/mol. The zero-order valence-corrected chi connectivity index (χ0v) is 11.5. The van der Waals surface area contributed by atoms with Gasteiger partial charge >= 0.3 is 0 Å². The fourth-order valence-electron chi connectivity index (χ4n) is 2.81. The maximum absolute atomic E-state index is 12.5. The Labute approximate surface area is 118 Å². The third-order valence-corrected chi connectivity index (χ3v) is 3.85. The number of carbonyl (C=O) groups excluding carboxylic acids is 1. The number of pyridine rings is 1. The second-order valence-electron chi connectivity index (χ2n) is 5.24. The normalized spacial score (nSPS) is 16.2. The second kappa shape index (κ2) is 6.01. The van der Waals surface area contributed by atoms with Crippen molar-refractivity contribution in [2.24, 2.45) is 0 Å². The van der Waals surface area contributed by atoms with Gasteiger partial charge in [0.05, 0.1) is 5.69 Å². The van der Waals surface area contributed by atoms with Crippen LogP contribution in [0.4, 0.5) is 0 Å². The van der Waals surface area contributed by atoms with Gasteiger partial charge in [0.15, 0.2) is 5.78 Å². The van der Waals surface area contributed by atoms with E-state index in [0.29, 0.717) is 12.5 Å². The third-order valence-electron chi connectivity index (χ3n) is 3.85. The standard InChI is InChI=1S/C16H19N3O/c20-16(11-13-3-1-7-18-12-13)15-4-2-10-19(15)14-5-8-17-9-6-14/h1-4,7,10,12,14,17H,5-6,8-9,11H2. The third kappa shape index (κ3) is 2.80. The Morgan fingerprint density at radius 1 is 1.30 bits per heavy atom. The summed E-state index contributed by atoms with van der Waals surface area (Å²) in [6.45, 7) is 2.05. The summed E-state index contributed by atoms with van der Waals surface area (Å²) in [5, 5.41) is 3.36. The lowest BCUT2D eigenvalue weighted by atomic mass is 10.0. The highest BCUT2D eigenvalue weighted by atomic mass is 16.1. The van der Waals surface area contributed by atoms with E-state index >= 15 is 0 Å². The summed E-state index contributed by atoms with van der Waals surface area (Å²) in [5.74, 6) is 0.168. The molecule has 4 heteroatoms. The molecule has 4 nitrogen and oxygen atoms in total. The molecule has 1 N–H and O–H groups in total. The van der Waals surface area contributed by atoms with Crippen molar-refractivity contribution < 1.29 is 4.79 Å². The van der Waals surface area contributed by atoms with Crippen LogP contribution >= 0.6 is 0 Å². The molecular formula is C16H19N3O. The highest BCUT2D eigenvalue weighted by Gasteiger charge is 2.19. The molecule has 2 aromatic rings. The van der Waals surface area contributed by atoms with Gasteiger partial charge in [-0.05, 0) is 49.7 Å². The van der Waals surface area contributed by atoms with Gasteiger partial charge in [-0.1, -0.05) is 6.07 Å². The molecule has 1 aliphatic rings. The highest BCUT2D eigenvalue weighted by molar-refractivity contribution is 5.96. The summed E-state index contributed by atoms with van der Waals surface area (Å²) in [5.41, 5.74) is 1.79. The van der Waals surface area contributed by atoms with E-state index in [-0.39, 0.29) is 5.78 Å². The maximum atomic E-state index is 12.5. The first-order valence-electron chi connectivity index (χ1n) is 7.14. The van der Waals surface area contributed by atoms with Gasteiger partial charge in [-0.15, -0.1) is 0 Å². The Hall–Kier alpha value is -1.94. The first-order chi connectivity index (χ1) is 9.84. The minimum Gasteiger partial charge on any atom is -0.342 e. The van der Waals surface area contributed by atoms with Crippen LogP contribution in [0.1, 0.15) is 34.9 Å². The van der Waals surface area contributed by atoms with Gasteiger partial charge in [0.2, 0.25) is 0 Å². The Balaban J connectivity index is 1.77. The summed E-state index contributed by atoms with van der Waals surface area (Å²) in [6, 6.07) is 8.16. The summed E-state index contributed by atoms with van der Waals surface area (Å²) < 4.78 is 2.15. The summed E-state index contributed by atoms with van der Waals surface area (Å²) >= 11 is 0. The van der Waals surface area contributed by atoms with Crippen LogP contribution in [0.3, 0.4) is 0 Å². The molecule has 0 bridgehead atoms. The largest absolute Gasteiger partial charge is 0.342 e. The van der Waals surface area contributed by atoms with Crippen LogP contribution in [0.15, 0.2) is 42.9 Å². The first kappa shape index (κ1) is 13.1. The zero-order valence-electron chi connectivity index (χ0n) is 11.5. The molecule has 1 aliphatic heterocycles. The Morgan fingerprint density at radius 3 is 2.90 bits per heavy atom. The van der Waals surface area contributed by atoms with Crippen molar-refractivity contribution in [2.75, 3.05) is 13.1 Å². The number of carbonyl (C=O) groups is 1. The van der Waals surface area contributed by atoms with Gasteiger partial charge in [-0.2, -0.15) is 0 Å². The fraction of sp³-hybridized carbons (Fsp3) is 0.375. The predicted octanol–water partition coefficient (Wildman–Crippen LogP) is 2.23. The molecule has 2 aromatic heterocycles. The zero-order chi connectivity index (χ0) is 13.8. The van der Waals surface area contributed by atoms with Gasteiger partial charge in [0, 0.05) is 31.1 Å². The van der Waals surface area contributed by atoms with Gasteiger partial charge in [-0.25, -0.2) is 0 Å². The van der Waals surface area contributed by atoms with Crippen molar-refractivity contribution in [3.05, 3.63) is 54.1 Å². The lowest BCUT2D eigenvalue weighted by molar-refractivity contribution is 0.0980. The van der Waals surface area contributed by atoms with Crippen LogP contribution in [-0.4, -0.2) is 28.4 Å². The van der Waals surface area contributed by atoms with Gasteiger partial charge in [0.25, 0.3) is 0 Å². The Morgan fingerprint density at radius 2 is 2.15 bits per heavy atom. The van der Waals surface area contributed by atoms with Crippen LogP contribution in [-0.2, 0) is 6.42 Å². The maximum Gasteiger partial charge on any atom is 0.183 e. The molecule has 0 amide bonds. The van der Waals surface area contributed by atoms with Crippen molar-refractivity contribution in [1.29, 1.82) is 0 Å². The lowest BCUT2D eigenvalue weighted by Crippen LogP contribution is -2.30. The first-order valence-corrected chi connectivity index (χ1v) is 7.14. The number of ketones is 1. The predicted molar refractivity (Wildman–Crippen MR) is 77.8 cm³/mol. The van der Waals surface area contributed by atoms with E-state index in [1.165, 1.54) is 0 Å². The van der Waals surface area contributed by atoms with Crippen LogP contribution < -0.4 is 5.32 Å². The molecule has 1 fully saturated rings. The van der Waals surface area contributed by atoms with Crippen LogP contribution in [0.25, 0.3) is 0 Å². The number of rotatable bonds is 4. The van der Waals surface area contributed by atoms with Crippen molar-refractivity contribution >= 4 is 5.78 Å². The molecule has 0 saturated carbocycles. The number of hydrogen-bond donors (Lipinski definition) is 1. The number of aromatic nitrogens is 2. The number of hydrogen-bond acceptors (Lipinski definition) is 3. The molecule has 0 aliphatic carbocycles. The molecule has 20 heavy (non-hydrogen) atoms. The molecule has 0 unspecified atom stereocenters. The average molecular weight is 269 g/mol. The van der Waals surface area contributed by atoms with Crippen LogP contribution in [0.2, 0.25) is 0 Å². The molecule has 0 spiro atoms. The molecule has 1 saturated heterocycles. The van der Waals surface area contributed by atoms with Crippen LogP contribution in [0.5, 0.6) is 0 Å². The topological polar surface area (TPSA) is 46.9 Å². The summed E-state index contributed by atoms with van der Waals surface area (Å²) in [4.78, 5) is 16.5. The minimum absolute atomic E-state index is 0.168. The van der Waals surface area contributed by atoms with E-state index in [1.807, 2.05) is 30.5 Å². The summed E-state index contributed by atoms with van der Waals surface area (Å²) in [6.07, 6.45) is 8.11. The smallest absolute Gasteiger partial charge is 0.183 e. The Bertz CT molecular complexity index is 570. The van der Waals surface area contributed by atoms with Crippen molar-refractivity contribution in [3.63, 3.8) is 0 Å². The quantitative estimate of drug-likeness (QED) is 0.866.